The third-order valence-corrected chi connectivity index (χ3v) is 2.58. The van der Waals surface area contributed by atoms with Crippen LogP contribution in [0, 0.1) is 11.3 Å². The van der Waals surface area contributed by atoms with E-state index < -0.39 is 24.6 Å². The first-order valence-electron chi connectivity index (χ1n) is 5.09. The van der Waals surface area contributed by atoms with E-state index in [9.17, 15) is 9.59 Å². The number of carbonyl (C=O) groups excluding carboxylic acids is 1. The van der Waals surface area contributed by atoms with Gasteiger partial charge in [0.05, 0.1) is 17.8 Å². The molecule has 2 amide bonds. The standard InChI is InChI=1S/C11H10BrN3O4/c12-7-1-2-8(6(3-7)4-13)15-11(19)14-5-9(16)10(17)18/h1-3,9,16H,5H2,(H,17,18)(H2,14,15,19)/t9-/m0/s1. The van der Waals surface area contributed by atoms with Crippen molar-refractivity contribution in [3.63, 3.8) is 0 Å². The summed E-state index contributed by atoms with van der Waals surface area (Å²) in [7, 11) is 0. The molecule has 0 heterocycles. The van der Waals surface area contributed by atoms with Crippen LogP contribution in [0.5, 0.6) is 0 Å². The predicted molar refractivity (Wildman–Crippen MR) is 69.5 cm³/mol. The van der Waals surface area contributed by atoms with E-state index in [2.05, 4.69) is 26.6 Å². The van der Waals surface area contributed by atoms with Crippen molar-refractivity contribution in [2.45, 2.75) is 6.10 Å². The van der Waals surface area contributed by atoms with Crippen LogP contribution in [0.1, 0.15) is 5.56 Å². The average molecular weight is 328 g/mol. The minimum absolute atomic E-state index is 0.253. The summed E-state index contributed by atoms with van der Waals surface area (Å²) >= 11 is 3.19. The van der Waals surface area contributed by atoms with E-state index in [1.54, 1.807) is 6.07 Å². The monoisotopic (exact) mass is 327 g/mol. The number of nitriles is 1. The van der Waals surface area contributed by atoms with Crippen LogP contribution in [-0.2, 0) is 4.79 Å². The number of aliphatic hydroxyl groups excluding tert-OH is 1. The highest BCUT2D eigenvalue weighted by Gasteiger charge is 2.14. The van der Waals surface area contributed by atoms with Gasteiger partial charge in [0.15, 0.2) is 6.10 Å². The van der Waals surface area contributed by atoms with Gasteiger partial charge in [-0.25, -0.2) is 9.59 Å². The molecule has 1 atom stereocenters. The Morgan fingerprint density at radius 2 is 2.16 bits per heavy atom. The summed E-state index contributed by atoms with van der Waals surface area (Å²) in [5.74, 6) is -1.43. The highest BCUT2D eigenvalue weighted by atomic mass is 79.9. The summed E-state index contributed by atoms with van der Waals surface area (Å²) in [6.07, 6.45) is -1.67. The number of rotatable bonds is 4. The van der Waals surface area contributed by atoms with Gasteiger partial charge in [-0.3, -0.25) is 0 Å². The van der Waals surface area contributed by atoms with Gasteiger partial charge in [-0.2, -0.15) is 5.26 Å². The molecule has 8 heteroatoms. The molecule has 0 radical (unpaired) electrons. The first kappa shape index (κ1) is 14.9. The molecule has 100 valence electrons. The fourth-order valence-electron chi connectivity index (χ4n) is 1.16. The van der Waals surface area contributed by atoms with Crippen molar-refractivity contribution in [2.24, 2.45) is 0 Å². The minimum atomic E-state index is -1.67. The molecule has 0 aliphatic carbocycles. The Hall–Kier alpha value is -2.11. The number of hydrogen-bond acceptors (Lipinski definition) is 4. The maximum absolute atomic E-state index is 11.4. The maximum atomic E-state index is 11.4. The zero-order chi connectivity index (χ0) is 14.4. The number of aliphatic carboxylic acids is 1. The molecule has 0 aliphatic heterocycles. The van der Waals surface area contributed by atoms with E-state index in [1.807, 2.05) is 6.07 Å². The molecule has 0 bridgehead atoms. The van der Waals surface area contributed by atoms with Crippen molar-refractivity contribution in [2.75, 3.05) is 11.9 Å². The number of amides is 2. The molecule has 0 spiro atoms. The van der Waals surface area contributed by atoms with Crippen LogP contribution in [0.15, 0.2) is 22.7 Å². The van der Waals surface area contributed by atoms with Gasteiger partial charge in [0.25, 0.3) is 0 Å². The average Bonchev–Trinajstić information content (AvgIpc) is 2.37. The van der Waals surface area contributed by atoms with Crippen LogP contribution in [0.25, 0.3) is 0 Å². The second-order valence-electron chi connectivity index (χ2n) is 3.49. The van der Waals surface area contributed by atoms with E-state index in [1.165, 1.54) is 12.1 Å². The number of hydrogen-bond donors (Lipinski definition) is 4. The smallest absolute Gasteiger partial charge is 0.334 e. The summed E-state index contributed by atoms with van der Waals surface area (Å²) < 4.78 is 0.691. The normalized spacial score (nSPS) is 11.2. The van der Waals surface area contributed by atoms with Gasteiger partial charge in [-0.05, 0) is 18.2 Å². The molecule has 0 saturated carbocycles. The van der Waals surface area contributed by atoms with Crippen molar-refractivity contribution in [1.29, 1.82) is 5.26 Å². The topological polar surface area (TPSA) is 122 Å². The Labute approximate surface area is 117 Å². The quantitative estimate of drug-likeness (QED) is 0.654. The molecular formula is C11H10BrN3O4. The van der Waals surface area contributed by atoms with Gasteiger partial charge < -0.3 is 20.8 Å². The summed E-state index contributed by atoms with van der Waals surface area (Å²) in [5.41, 5.74) is 0.538. The Bertz CT molecular complexity index is 541. The number of carbonyl (C=O) groups is 2. The van der Waals surface area contributed by atoms with E-state index in [4.69, 9.17) is 15.5 Å². The molecule has 0 saturated heterocycles. The number of anilines is 1. The molecule has 0 fully saturated rings. The highest BCUT2D eigenvalue weighted by molar-refractivity contribution is 9.10. The van der Waals surface area contributed by atoms with Gasteiger partial charge in [0, 0.05) is 4.47 Å². The molecule has 4 N–H and O–H groups in total. The van der Waals surface area contributed by atoms with Crippen molar-refractivity contribution in [1.82, 2.24) is 5.32 Å². The maximum Gasteiger partial charge on any atom is 0.334 e. The second kappa shape index (κ2) is 6.72. The summed E-state index contributed by atoms with van der Waals surface area (Å²) in [4.78, 5) is 21.8. The third kappa shape index (κ3) is 4.57. The highest BCUT2D eigenvalue weighted by Crippen LogP contribution is 2.19. The number of carboxylic acid groups (broad SMARTS) is 1. The Kier molecular flexibility index (Phi) is 5.29. The fraction of sp³-hybridized carbons (Fsp3) is 0.182. The molecular weight excluding hydrogens is 318 g/mol. The number of carboxylic acids is 1. The predicted octanol–water partition coefficient (Wildman–Crippen LogP) is 0.888. The fourth-order valence-corrected chi connectivity index (χ4v) is 1.52. The van der Waals surface area contributed by atoms with Gasteiger partial charge >= 0.3 is 12.0 Å². The van der Waals surface area contributed by atoms with Crippen LogP contribution in [0.2, 0.25) is 0 Å². The van der Waals surface area contributed by atoms with E-state index in [0.29, 0.717) is 4.47 Å². The summed E-state index contributed by atoms with van der Waals surface area (Å²) in [5, 5.41) is 30.9. The molecule has 7 nitrogen and oxygen atoms in total. The van der Waals surface area contributed by atoms with Crippen molar-refractivity contribution in [3.05, 3.63) is 28.2 Å². The van der Waals surface area contributed by atoms with E-state index in [0.717, 1.165) is 0 Å². The lowest BCUT2D eigenvalue weighted by molar-refractivity contribution is -0.146. The molecule has 1 aromatic carbocycles. The van der Waals surface area contributed by atoms with Crippen LogP contribution in [0.3, 0.4) is 0 Å². The molecule has 0 unspecified atom stereocenters. The lowest BCUT2D eigenvalue weighted by Gasteiger charge is -2.10. The van der Waals surface area contributed by atoms with Crippen LogP contribution < -0.4 is 10.6 Å². The van der Waals surface area contributed by atoms with Crippen molar-refractivity contribution in [3.8, 4) is 6.07 Å². The van der Waals surface area contributed by atoms with E-state index in [-0.39, 0.29) is 11.3 Å². The van der Waals surface area contributed by atoms with Crippen LogP contribution in [-0.4, -0.2) is 34.9 Å². The number of urea groups is 1. The van der Waals surface area contributed by atoms with Crippen molar-refractivity contribution >= 4 is 33.6 Å². The SMILES string of the molecule is N#Cc1cc(Br)ccc1NC(=O)NC[C@H](O)C(=O)O. The number of nitrogens with zero attached hydrogens (tertiary/aromatic N) is 1. The third-order valence-electron chi connectivity index (χ3n) is 2.09. The number of halogens is 1. The lowest BCUT2D eigenvalue weighted by atomic mass is 10.2. The van der Waals surface area contributed by atoms with Crippen LogP contribution >= 0.6 is 15.9 Å². The largest absolute Gasteiger partial charge is 0.479 e. The Balaban J connectivity index is 2.63. The number of aliphatic hydroxyl groups is 1. The van der Waals surface area contributed by atoms with Gasteiger partial charge in [-0.1, -0.05) is 15.9 Å². The zero-order valence-corrected chi connectivity index (χ0v) is 11.1. The molecule has 1 aromatic rings. The van der Waals surface area contributed by atoms with Crippen LogP contribution in [0.4, 0.5) is 10.5 Å². The van der Waals surface area contributed by atoms with Gasteiger partial charge in [0.2, 0.25) is 0 Å². The lowest BCUT2D eigenvalue weighted by Crippen LogP contribution is -2.38. The summed E-state index contributed by atoms with van der Waals surface area (Å²) in [6.45, 7) is -0.431. The zero-order valence-electron chi connectivity index (χ0n) is 9.55. The first-order chi connectivity index (χ1) is 8.93. The minimum Gasteiger partial charge on any atom is -0.479 e. The summed E-state index contributed by atoms with van der Waals surface area (Å²) in [6, 6.07) is 5.89. The first-order valence-corrected chi connectivity index (χ1v) is 5.88. The number of nitrogens with one attached hydrogen (secondary N) is 2. The molecule has 1 rings (SSSR count). The second-order valence-corrected chi connectivity index (χ2v) is 4.41. The molecule has 0 aliphatic rings. The molecule has 0 aromatic heterocycles. The Morgan fingerprint density at radius 1 is 1.47 bits per heavy atom. The van der Waals surface area contributed by atoms with Gasteiger partial charge in [-0.15, -0.1) is 0 Å². The van der Waals surface area contributed by atoms with E-state index >= 15 is 0 Å². The van der Waals surface area contributed by atoms with Crippen molar-refractivity contribution < 1.29 is 19.8 Å². The van der Waals surface area contributed by atoms with Gasteiger partial charge in [0.1, 0.15) is 6.07 Å². The molecule has 19 heavy (non-hydrogen) atoms. The number of benzene rings is 1. The Morgan fingerprint density at radius 3 is 2.74 bits per heavy atom.